The highest BCUT2D eigenvalue weighted by molar-refractivity contribution is 5.26. The molecule has 2 nitrogen and oxygen atoms in total. The number of hydrogen-bond acceptors (Lipinski definition) is 2. The summed E-state index contributed by atoms with van der Waals surface area (Å²) in [6.45, 7) is 9.16. The first-order valence-electron chi connectivity index (χ1n) is 6.86. The van der Waals surface area contributed by atoms with E-state index in [-0.39, 0.29) is 16.8 Å². The molecule has 0 amide bonds. The van der Waals surface area contributed by atoms with E-state index in [2.05, 4.69) is 27.7 Å². The predicted molar refractivity (Wildman–Crippen MR) is 63.4 cm³/mol. The zero-order valence-corrected chi connectivity index (χ0v) is 11.0. The summed E-state index contributed by atoms with van der Waals surface area (Å²) < 4.78 is 12.7. The molecule has 3 heterocycles. The third-order valence-corrected chi connectivity index (χ3v) is 5.67. The van der Waals surface area contributed by atoms with Gasteiger partial charge in [-0.3, -0.25) is 0 Å². The lowest BCUT2D eigenvalue weighted by Crippen LogP contribution is -2.72. The van der Waals surface area contributed by atoms with E-state index in [9.17, 15) is 0 Å². The van der Waals surface area contributed by atoms with Gasteiger partial charge in [-0.1, -0.05) is 26.7 Å². The second kappa shape index (κ2) is 3.02. The van der Waals surface area contributed by atoms with Crippen molar-refractivity contribution < 1.29 is 9.47 Å². The van der Waals surface area contributed by atoms with Crippen LogP contribution in [-0.4, -0.2) is 22.9 Å². The first-order chi connectivity index (χ1) is 7.48. The first-order valence-corrected chi connectivity index (χ1v) is 6.86. The maximum atomic E-state index is 6.42. The Bertz CT molecular complexity index is 316. The maximum absolute atomic E-state index is 6.42. The fraction of sp³-hybridized carbons (Fsp3) is 1.00. The van der Waals surface area contributed by atoms with Gasteiger partial charge < -0.3 is 9.47 Å². The molecule has 0 saturated carbocycles. The first kappa shape index (κ1) is 11.0. The Hall–Kier alpha value is -0.0800. The van der Waals surface area contributed by atoms with Crippen LogP contribution in [0.5, 0.6) is 0 Å². The van der Waals surface area contributed by atoms with Crippen molar-refractivity contribution >= 4 is 0 Å². The Morgan fingerprint density at radius 2 is 2.06 bits per heavy atom. The third kappa shape index (κ3) is 0.971. The van der Waals surface area contributed by atoms with Crippen LogP contribution in [-0.2, 0) is 9.47 Å². The maximum Gasteiger partial charge on any atom is 0.121 e. The van der Waals surface area contributed by atoms with Gasteiger partial charge in [-0.05, 0) is 33.1 Å². The molecule has 3 aliphatic heterocycles. The summed E-state index contributed by atoms with van der Waals surface area (Å²) in [5, 5.41) is 0. The van der Waals surface area contributed by atoms with Crippen molar-refractivity contribution in [3.8, 4) is 0 Å². The standard InChI is InChI=1S/C14H24O2/c1-5-6-8-14-10(2)12(3)9-7-11(15-14)13(14,4)16-12/h10-11H,5-9H2,1-4H3/t10-,11+,12+,13-,14-/m1/s1. The van der Waals surface area contributed by atoms with Gasteiger partial charge in [0.1, 0.15) is 11.2 Å². The van der Waals surface area contributed by atoms with Crippen molar-refractivity contribution in [1.82, 2.24) is 0 Å². The van der Waals surface area contributed by atoms with Crippen LogP contribution in [0, 0.1) is 5.92 Å². The van der Waals surface area contributed by atoms with Crippen LogP contribution in [0.4, 0.5) is 0 Å². The Morgan fingerprint density at radius 1 is 1.31 bits per heavy atom. The Morgan fingerprint density at radius 3 is 2.75 bits per heavy atom. The number of hydrogen-bond donors (Lipinski definition) is 0. The molecule has 0 unspecified atom stereocenters. The Kier molecular flexibility index (Phi) is 2.09. The normalized spacial score (nSPS) is 58.5. The molecule has 92 valence electrons. The van der Waals surface area contributed by atoms with Crippen molar-refractivity contribution in [1.29, 1.82) is 0 Å². The van der Waals surface area contributed by atoms with Crippen molar-refractivity contribution in [2.75, 3.05) is 0 Å². The largest absolute Gasteiger partial charge is 0.365 e. The summed E-state index contributed by atoms with van der Waals surface area (Å²) in [4.78, 5) is 0. The highest BCUT2D eigenvalue weighted by Crippen LogP contribution is 2.67. The number of fused-ring (bicyclic) bond motifs is 1. The lowest BCUT2D eigenvalue weighted by molar-refractivity contribution is -0.348. The van der Waals surface area contributed by atoms with Crippen LogP contribution in [0.25, 0.3) is 0 Å². The van der Waals surface area contributed by atoms with E-state index < -0.39 is 0 Å². The number of rotatable bonds is 3. The summed E-state index contributed by atoms with van der Waals surface area (Å²) in [7, 11) is 0. The molecule has 0 aliphatic carbocycles. The van der Waals surface area contributed by atoms with Crippen molar-refractivity contribution in [3.63, 3.8) is 0 Å². The Labute approximate surface area is 98.7 Å². The topological polar surface area (TPSA) is 18.5 Å². The van der Waals surface area contributed by atoms with E-state index in [0.717, 1.165) is 0 Å². The molecule has 0 N–H and O–H groups in total. The summed E-state index contributed by atoms with van der Waals surface area (Å²) in [5.74, 6) is 0.537. The summed E-state index contributed by atoms with van der Waals surface area (Å²) in [6.07, 6.45) is 6.39. The van der Waals surface area contributed by atoms with Crippen LogP contribution in [0.15, 0.2) is 0 Å². The average Bonchev–Trinajstić information content (AvgIpc) is 2.34. The molecule has 3 saturated heterocycles. The molecule has 3 fully saturated rings. The van der Waals surface area contributed by atoms with Crippen molar-refractivity contribution in [3.05, 3.63) is 0 Å². The van der Waals surface area contributed by atoms with Gasteiger partial charge in [-0.15, -0.1) is 0 Å². The smallest absolute Gasteiger partial charge is 0.121 e. The second-order valence-corrected chi connectivity index (χ2v) is 6.38. The van der Waals surface area contributed by atoms with E-state index in [1.807, 2.05) is 0 Å². The van der Waals surface area contributed by atoms with E-state index >= 15 is 0 Å². The van der Waals surface area contributed by atoms with E-state index in [0.29, 0.717) is 12.0 Å². The van der Waals surface area contributed by atoms with E-state index in [1.165, 1.54) is 32.1 Å². The summed E-state index contributed by atoms with van der Waals surface area (Å²) in [6, 6.07) is 0. The summed E-state index contributed by atoms with van der Waals surface area (Å²) >= 11 is 0. The van der Waals surface area contributed by atoms with Gasteiger partial charge in [-0.25, -0.2) is 0 Å². The lowest BCUT2D eigenvalue weighted by Gasteiger charge is -2.59. The summed E-state index contributed by atoms with van der Waals surface area (Å²) in [5.41, 5.74) is 0.100. The molecule has 16 heavy (non-hydrogen) atoms. The molecule has 5 atom stereocenters. The number of unbranched alkanes of at least 4 members (excludes halogenated alkanes) is 1. The molecule has 2 bridgehead atoms. The van der Waals surface area contributed by atoms with Gasteiger partial charge in [0.05, 0.1) is 11.7 Å². The fourth-order valence-corrected chi connectivity index (χ4v) is 4.43. The third-order valence-electron chi connectivity index (χ3n) is 5.67. The molecule has 3 aliphatic rings. The van der Waals surface area contributed by atoms with Gasteiger partial charge in [0.25, 0.3) is 0 Å². The Balaban J connectivity index is 1.95. The highest BCUT2D eigenvalue weighted by atomic mass is 16.7. The molecular weight excluding hydrogens is 200 g/mol. The zero-order valence-electron chi connectivity index (χ0n) is 11.0. The van der Waals surface area contributed by atoms with Gasteiger partial charge >= 0.3 is 0 Å². The van der Waals surface area contributed by atoms with Crippen LogP contribution >= 0.6 is 0 Å². The lowest BCUT2D eigenvalue weighted by atomic mass is 9.66. The molecule has 0 spiro atoms. The SMILES string of the molecule is CCCC[C@]12O[C@H]3CC[C@](C)(O[C@]31C)[C@H]2C. The monoisotopic (exact) mass is 224 g/mol. The van der Waals surface area contributed by atoms with E-state index in [4.69, 9.17) is 9.47 Å². The van der Waals surface area contributed by atoms with Crippen LogP contribution in [0.1, 0.15) is 59.8 Å². The van der Waals surface area contributed by atoms with Gasteiger partial charge in [0.15, 0.2) is 0 Å². The van der Waals surface area contributed by atoms with Gasteiger partial charge in [0.2, 0.25) is 0 Å². The zero-order chi connectivity index (χ0) is 11.6. The fourth-order valence-electron chi connectivity index (χ4n) is 4.43. The molecule has 3 rings (SSSR count). The quantitative estimate of drug-likeness (QED) is 0.732. The van der Waals surface area contributed by atoms with Gasteiger partial charge in [-0.2, -0.15) is 0 Å². The van der Waals surface area contributed by atoms with Crippen molar-refractivity contribution in [2.24, 2.45) is 5.92 Å². The molecule has 0 radical (unpaired) electrons. The van der Waals surface area contributed by atoms with Crippen molar-refractivity contribution in [2.45, 2.75) is 82.7 Å². The predicted octanol–water partition coefficient (Wildman–Crippen LogP) is 3.29. The highest BCUT2D eigenvalue weighted by Gasteiger charge is 2.78. The minimum atomic E-state index is 0.00852. The molecule has 0 aromatic rings. The molecule has 0 aromatic heterocycles. The second-order valence-electron chi connectivity index (χ2n) is 6.38. The molecule has 2 heteroatoms. The van der Waals surface area contributed by atoms with E-state index in [1.54, 1.807) is 0 Å². The van der Waals surface area contributed by atoms with Crippen LogP contribution in [0.3, 0.4) is 0 Å². The molecular formula is C14H24O2. The minimum Gasteiger partial charge on any atom is -0.365 e. The average molecular weight is 224 g/mol. The van der Waals surface area contributed by atoms with Crippen LogP contribution in [0.2, 0.25) is 0 Å². The molecule has 0 aromatic carbocycles. The number of ether oxygens (including phenoxy) is 2. The van der Waals surface area contributed by atoms with Gasteiger partial charge in [0, 0.05) is 5.92 Å². The van der Waals surface area contributed by atoms with Crippen LogP contribution < -0.4 is 0 Å². The minimum absolute atomic E-state index is 0.00852.